The zero-order valence-electron chi connectivity index (χ0n) is 15.8. The number of rotatable bonds is 4. The third-order valence-electron chi connectivity index (χ3n) is 5.23. The molecule has 5 nitrogen and oxygen atoms in total. The lowest BCUT2D eigenvalue weighted by Gasteiger charge is -2.23. The molecule has 0 saturated carbocycles. The average molecular weight is 401 g/mol. The molecule has 1 amide bonds. The summed E-state index contributed by atoms with van der Waals surface area (Å²) < 4.78 is 5.49. The maximum absolute atomic E-state index is 13.7. The highest BCUT2D eigenvalue weighted by atomic mass is 32.2. The summed E-state index contributed by atoms with van der Waals surface area (Å²) in [5, 5.41) is 5.34. The summed E-state index contributed by atoms with van der Waals surface area (Å²) >= 11 is 1.47. The van der Waals surface area contributed by atoms with E-state index < -0.39 is 4.87 Å². The van der Waals surface area contributed by atoms with Crippen molar-refractivity contribution in [1.82, 2.24) is 5.43 Å². The van der Waals surface area contributed by atoms with E-state index in [4.69, 9.17) is 4.74 Å². The number of ether oxygens (including phenoxy) is 1. The molecule has 1 unspecified atom stereocenters. The molecule has 5 rings (SSSR count). The Morgan fingerprint density at radius 2 is 1.72 bits per heavy atom. The summed E-state index contributed by atoms with van der Waals surface area (Å²) in [5.41, 5.74) is 6.94. The summed E-state index contributed by atoms with van der Waals surface area (Å²) in [6.45, 7) is 0.435. The van der Waals surface area contributed by atoms with E-state index in [0.29, 0.717) is 6.54 Å². The molecule has 3 aromatic carbocycles. The van der Waals surface area contributed by atoms with Gasteiger partial charge in [0.1, 0.15) is 10.8 Å². The molecular formula is C23H19N3O2S. The normalized spacial score (nSPS) is 19.8. The topological polar surface area (TPSA) is 53.9 Å². The minimum absolute atomic E-state index is 0.0238. The monoisotopic (exact) mass is 401 g/mol. The minimum atomic E-state index is -0.941. The fourth-order valence-electron chi connectivity index (χ4n) is 3.81. The summed E-state index contributed by atoms with van der Waals surface area (Å²) in [7, 11) is 1.65. The molecule has 2 aliphatic heterocycles. The Balaban J connectivity index is 1.52. The predicted molar refractivity (Wildman–Crippen MR) is 116 cm³/mol. The molecule has 0 aromatic heterocycles. The second-order valence-electron chi connectivity index (χ2n) is 6.90. The van der Waals surface area contributed by atoms with Crippen LogP contribution in [-0.4, -0.2) is 18.1 Å². The van der Waals surface area contributed by atoms with Crippen LogP contribution in [0.2, 0.25) is 0 Å². The standard InChI is InChI=1S/C23H19N3O2S/c1-28-20-14-8-5-11-17(20)15-26-19-13-7-6-12-18(19)23(22(26)27)25-24-21(29-23)16-9-3-2-4-10-16/h2-14,25H,15H2,1H3. The maximum Gasteiger partial charge on any atom is 0.270 e. The van der Waals surface area contributed by atoms with Gasteiger partial charge in [-0.25, -0.2) is 0 Å². The second kappa shape index (κ2) is 6.97. The van der Waals surface area contributed by atoms with Gasteiger partial charge in [0.25, 0.3) is 5.91 Å². The van der Waals surface area contributed by atoms with Gasteiger partial charge < -0.3 is 9.64 Å². The Kier molecular flexibility index (Phi) is 4.28. The molecule has 0 radical (unpaired) electrons. The number of nitrogens with one attached hydrogen (secondary N) is 1. The van der Waals surface area contributed by atoms with Crippen molar-refractivity contribution in [3.8, 4) is 5.75 Å². The van der Waals surface area contributed by atoms with Crippen LogP contribution in [0.4, 0.5) is 5.69 Å². The predicted octanol–water partition coefficient (Wildman–Crippen LogP) is 4.09. The van der Waals surface area contributed by atoms with Gasteiger partial charge in [0, 0.05) is 16.7 Å². The van der Waals surface area contributed by atoms with E-state index >= 15 is 0 Å². The van der Waals surface area contributed by atoms with E-state index in [2.05, 4.69) is 10.5 Å². The highest BCUT2D eigenvalue weighted by Crippen LogP contribution is 2.51. The number of nitrogens with zero attached hydrogens (tertiary/aromatic N) is 2. The summed E-state index contributed by atoms with van der Waals surface area (Å²) in [4.78, 5) is 14.6. The largest absolute Gasteiger partial charge is 0.496 e. The number of hydrazone groups is 1. The second-order valence-corrected chi connectivity index (χ2v) is 8.10. The molecule has 1 N–H and O–H groups in total. The minimum Gasteiger partial charge on any atom is -0.496 e. The van der Waals surface area contributed by atoms with E-state index in [1.807, 2.05) is 83.8 Å². The van der Waals surface area contributed by atoms with E-state index in [9.17, 15) is 4.79 Å². The van der Waals surface area contributed by atoms with Crippen molar-refractivity contribution in [2.24, 2.45) is 5.10 Å². The third kappa shape index (κ3) is 2.79. The van der Waals surface area contributed by atoms with Crippen LogP contribution >= 0.6 is 11.8 Å². The average Bonchev–Trinajstić information content (AvgIpc) is 3.32. The first-order valence-electron chi connectivity index (χ1n) is 9.35. The molecule has 0 aliphatic carbocycles. The number of carbonyl (C=O) groups excluding carboxylic acids is 1. The number of fused-ring (bicyclic) bond motifs is 2. The van der Waals surface area contributed by atoms with Crippen molar-refractivity contribution in [3.63, 3.8) is 0 Å². The molecule has 2 aliphatic rings. The number of carbonyl (C=O) groups is 1. The zero-order valence-corrected chi connectivity index (χ0v) is 16.6. The Hall–Kier alpha value is -3.25. The van der Waals surface area contributed by atoms with Gasteiger partial charge in [-0.1, -0.05) is 78.5 Å². The summed E-state index contributed by atoms with van der Waals surface area (Å²) in [6.07, 6.45) is 0. The van der Waals surface area contributed by atoms with Gasteiger partial charge >= 0.3 is 0 Å². The maximum atomic E-state index is 13.7. The van der Waals surface area contributed by atoms with Crippen molar-refractivity contribution >= 4 is 28.4 Å². The van der Waals surface area contributed by atoms with Gasteiger partial charge in [-0.15, -0.1) is 0 Å². The van der Waals surface area contributed by atoms with Gasteiger partial charge in [0.15, 0.2) is 0 Å². The van der Waals surface area contributed by atoms with Crippen molar-refractivity contribution in [2.75, 3.05) is 12.0 Å². The molecule has 0 bridgehead atoms. The Bertz CT molecular complexity index is 1120. The van der Waals surface area contributed by atoms with Crippen LogP contribution in [0.3, 0.4) is 0 Å². The Morgan fingerprint density at radius 3 is 2.55 bits per heavy atom. The van der Waals surface area contributed by atoms with E-state index in [0.717, 1.165) is 33.2 Å². The van der Waals surface area contributed by atoms with Crippen molar-refractivity contribution in [1.29, 1.82) is 0 Å². The number of anilines is 1. The number of benzene rings is 3. The zero-order chi connectivity index (χ0) is 19.8. The van der Waals surface area contributed by atoms with Crippen LogP contribution in [0.1, 0.15) is 16.7 Å². The molecule has 0 fully saturated rings. The number of para-hydroxylation sites is 2. The van der Waals surface area contributed by atoms with Crippen LogP contribution in [0.15, 0.2) is 84.0 Å². The smallest absolute Gasteiger partial charge is 0.270 e. The Morgan fingerprint density at radius 1 is 1.00 bits per heavy atom. The number of hydrogen-bond donors (Lipinski definition) is 1. The fourth-order valence-corrected chi connectivity index (χ4v) is 5.02. The third-order valence-corrected chi connectivity index (χ3v) is 6.54. The van der Waals surface area contributed by atoms with Crippen LogP contribution in [-0.2, 0) is 16.2 Å². The molecule has 2 heterocycles. The van der Waals surface area contributed by atoms with Gasteiger partial charge in [-0.3, -0.25) is 10.2 Å². The molecule has 0 saturated heterocycles. The fraction of sp³-hybridized carbons (Fsp3) is 0.130. The number of amides is 1. The summed E-state index contributed by atoms with van der Waals surface area (Å²) in [6, 6.07) is 25.6. The van der Waals surface area contributed by atoms with E-state index in [-0.39, 0.29) is 5.91 Å². The molecular weight excluding hydrogens is 382 g/mol. The van der Waals surface area contributed by atoms with Gasteiger partial charge in [0.05, 0.1) is 19.3 Å². The first-order valence-corrected chi connectivity index (χ1v) is 10.2. The van der Waals surface area contributed by atoms with Crippen molar-refractivity contribution in [3.05, 3.63) is 95.6 Å². The van der Waals surface area contributed by atoms with Gasteiger partial charge in [-0.2, -0.15) is 5.10 Å². The van der Waals surface area contributed by atoms with Gasteiger partial charge in [0.2, 0.25) is 4.87 Å². The Labute approximate surface area is 173 Å². The molecule has 6 heteroatoms. The molecule has 29 heavy (non-hydrogen) atoms. The molecule has 3 aromatic rings. The van der Waals surface area contributed by atoms with Crippen LogP contribution in [0.5, 0.6) is 5.75 Å². The lowest BCUT2D eigenvalue weighted by molar-refractivity contribution is -0.121. The van der Waals surface area contributed by atoms with Crippen LogP contribution in [0.25, 0.3) is 0 Å². The van der Waals surface area contributed by atoms with Crippen molar-refractivity contribution < 1.29 is 9.53 Å². The number of methoxy groups -OCH3 is 1. The molecule has 1 atom stereocenters. The quantitative estimate of drug-likeness (QED) is 0.715. The van der Waals surface area contributed by atoms with Crippen LogP contribution in [0, 0.1) is 0 Å². The molecule has 144 valence electrons. The van der Waals surface area contributed by atoms with E-state index in [1.165, 1.54) is 11.8 Å². The highest BCUT2D eigenvalue weighted by Gasteiger charge is 2.55. The van der Waals surface area contributed by atoms with Crippen molar-refractivity contribution in [2.45, 2.75) is 11.4 Å². The first-order chi connectivity index (χ1) is 14.2. The number of thioether (sulfide) groups is 1. The molecule has 1 spiro atoms. The SMILES string of the molecule is COc1ccccc1CN1C(=O)C2(NN=C(c3ccccc3)S2)c2ccccc21. The highest BCUT2D eigenvalue weighted by molar-refractivity contribution is 8.16. The first kappa shape index (κ1) is 17.8. The number of hydrogen-bond acceptors (Lipinski definition) is 5. The van der Waals surface area contributed by atoms with Gasteiger partial charge in [-0.05, 0) is 12.1 Å². The van der Waals surface area contributed by atoms with Crippen LogP contribution < -0.4 is 15.1 Å². The lowest BCUT2D eigenvalue weighted by Crippen LogP contribution is -2.44. The lowest BCUT2D eigenvalue weighted by atomic mass is 10.1. The van der Waals surface area contributed by atoms with E-state index in [1.54, 1.807) is 7.11 Å². The summed E-state index contributed by atoms with van der Waals surface area (Å²) in [5.74, 6) is 0.747.